The predicted molar refractivity (Wildman–Crippen MR) is 248 cm³/mol. The molecule has 0 aromatic rings. The van der Waals surface area contributed by atoms with Crippen LogP contribution >= 0.6 is 0 Å². The van der Waals surface area contributed by atoms with Crippen molar-refractivity contribution in [3.8, 4) is 0 Å². The lowest BCUT2D eigenvalue weighted by atomic mass is 9.99. The first-order valence-corrected chi connectivity index (χ1v) is 25.8. The molecule has 0 bridgehead atoms. The first-order chi connectivity index (χ1) is 30.1. The average molecular weight is 901 g/mol. The van der Waals surface area contributed by atoms with E-state index in [1.165, 1.54) is 89.9 Å². The maximum absolute atomic E-state index is 12.9. The molecule has 362 valence electrons. The molecule has 0 aliphatic carbocycles. The molecule has 1 aliphatic heterocycles. The van der Waals surface area contributed by atoms with Gasteiger partial charge in [0.15, 0.2) is 6.29 Å². The number of hydrogen-bond acceptors (Lipinski definition) is 11. The fraction of sp³-hybridized carbons (Fsp3) is 0.816. The molecular formula is C49H88O12S. The molecule has 0 saturated carbocycles. The summed E-state index contributed by atoms with van der Waals surface area (Å²) in [7, 11) is -5.07. The highest BCUT2D eigenvalue weighted by atomic mass is 32.3. The van der Waals surface area contributed by atoms with Gasteiger partial charge in [-0.25, -0.2) is 4.18 Å². The summed E-state index contributed by atoms with van der Waals surface area (Å²) in [5.41, 5.74) is 0. The third-order valence-corrected chi connectivity index (χ3v) is 11.4. The number of esters is 1. The highest BCUT2D eigenvalue weighted by molar-refractivity contribution is 7.80. The van der Waals surface area contributed by atoms with Crippen LogP contribution < -0.4 is 0 Å². The highest BCUT2D eigenvalue weighted by Gasteiger charge is 2.48. The Morgan fingerprint density at radius 2 is 1.06 bits per heavy atom. The third-order valence-electron chi connectivity index (χ3n) is 10.9. The Kier molecular flexibility index (Phi) is 38.0. The summed E-state index contributed by atoms with van der Waals surface area (Å²) in [6.45, 7) is 3.93. The Morgan fingerprint density at radius 1 is 0.613 bits per heavy atom. The number of aliphatic hydroxyl groups is 3. The molecule has 12 nitrogen and oxygen atoms in total. The number of carbonyl (C=O) groups excluding carboxylic acids is 1. The van der Waals surface area contributed by atoms with E-state index in [1.807, 2.05) is 0 Å². The average Bonchev–Trinajstić information content (AvgIpc) is 3.24. The Hall–Kier alpha value is -1.94. The van der Waals surface area contributed by atoms with Gasteiger partial charge in [-0.2, -0.15) is 8.42 Å². The van der Waals surface area contributed by atoms with E-state index in [9.17, 15) is 33.1 Å². The monoisotopic (exact) mass is 901 g/mol. The van der Waals surface area contributed by atoms with Crippen LogP contribution in [0.4, 0.5) is 0 Å². The predicted octanol–water partition coefficient (Wildman–Crippen LogP) is 10.7. The van der Waals surface area contributed by atoms with Crippen molar-refractivity contribution in [3.05, 3.63) is 48.6 Å². The molecule has 1 heterocycles. The van der Waals surface area contributed by atoms with E-state index in [2.05, 4.69) is 66.6 Å². The SMILES string of the molecule is CCCCC/C=C\C/C=C\C/C=C\CCCCCCCCC(=O)OC(COCCCCCCCC/C=C\CCCCCCCC)COC1OC(CO)C(O)C(OS(=O)(=O)O)C1O. The summed E-state index contributed by atoms with van der Waals surface area (Å²) in [6.07, 6.45) is 39.9. The van der Waals surface area contributed by atoms with E-state index >= 15 is 0 Å². The lowest BCUT2D eigenvalue weighted by Gasteiger charge is -2.41. The van der Waals surface area contributed by atoms with Gasteiger partial charge in [0.1, 0.15) is 30.5 Å². The van der Waals surface area contributed by atoms with Gasteiger partial charge < -0.3 is 34.3 Å². The number of ether oxygens (including phenoxy) is 4. The van der Waals surface area contributed by atoms with Crippen molar-refractivity contribution in [1.82, 2.24) is 0 Å². The molecule has 0 spiro atoms. The molecule has 6 atom stereocenters. The summed E-state index contributed by atoms with van der Waals surface area (Å²) in [5, 5.41) is 30.7. The van der Waals surface area contributed by atoms with Crippen molar-refractivity contribution in [1.29, 1.82) is 0 Å². The van der Waals surface area contributed by atoms with Gasteiger partial charge >= 0.3 is 16.4 Å². The van der Waals surface area contributed by atoms with Crippen LogP contribution in [-0.4, -0.2) is 97.5 Å². The minimum atomic E-state index is -5.07. The second-order valence-electron chi connectivity index (χ2n) is 16.7. The Morgan fingerprint density at radius 3 is 1.60 bits per heavy atom. The molecule has 0 amide bonds. The van der Waals surface area contributed by atoms with Crippen LogP contribution in [0.5, 0.6) is 0 Å². The van der Waals surface area contributed by atoms with Gasteiger partial charge in [0.25, 0.3) is 0 Å². The highest BCUT2D eigenvalue weighted by Crippen LogP contribution is 2.26. The van der Waals surface area contributed by atoms with Crippen LogP contribution in [0.25, 0.3) is 0 Å². The van der Waals surface area contributed by atoms with Crippen LogP contribution in [0, 0.1) is 0 Å². The standard InChI is InChI=1S/C49H88O12S/c1-3-5-7-9-11-13-15-17-19-21-22-23-24-26-28-30-32-34-36-38-45(51)59-43(42-58-49-47(53)48(61-62(54,55)56)46(52)44(40-50)60-49)41-57-39-37-35-33-31-29-27-25-20-18-16-14-12-10-8-6-4-2/h11,13,17-20,22-23,43-44,46-50,52-53H,3-10,12,14-16,21,24-42H2,1-2H3,(H,54,55,56)/b13-11-,19-17-,20-18-,23-22-. The zero-order chi connectivity index (χ0) is 45.4. The van der Waals surface area contributed by atoms with Crippen LogP contribution in [0.15, 0.2) is 48.6 Å². The fourth-order valence-electron chi connectivity index (χ4n) is 7.20. The number of unbranched alkanes of at least 4 members (excludes halogenated alkanes) is 21. The van der Waals surface area contributed by atoms with E-state index in [1.54, 1.807) is 0 Å². The van der Waals surface area contributed by atoms with Crippen molar-refractivity contribution in [3.63, 3.8) is 0 Å². The largest absolute Gasteiger partial charge is 0.457 e. The number of carbonyl (C=O) groups is 1. The molecule has 6 unspecified atom stereocenters. The topological polar surface area (TPSA) is 178 Å². The first-order valence-electron chi connectivity index (χ1n) is 24.4. The lowest BCUT2D eigenvalue weighted by molar-refractivity contribution is -0.301. The molecule has 0 aromatic carbocycles. The molecular weight excluding hydrogens is 813 g/mol. The number of allylic oxidation sites excluding steroid dienone is 8. The van der Waals surface area contributed by atoms with Gasteiger partial charge in [0.05, 0.1) is 19.8 Å². The third kappa shape index (κ3) is 33.6. The Bertz CT molecular complexity index is 1270. The van der Waals surface area contributed by atoms with Crippen molar-refractivity contribution in [2.24, 2.45) is 0 Å². The van der Waals surface area contributed by atoms with Gasteiger partial charge in [-0.1, -0.05) is 159 Å². The van der Waals surface area contributed by atoms with Crippen LogP contribution in [-0.2, 0) is 38.3 Å². The maximum atomic E-state index is 12.9. The summed E-state index contributed by atoms with van der Waals surface area (Å²) in [5.74, 6) is -0.414. The summed E-state index contributed by atoms with van der Waals surface area (Å²) < 4.78 is 59.1. The Labute approximate surface area is 376 Å². The minimum absolute atomic E-state index is 0.0257. The molecule has 62 heavy (non-hydrogen) atoms. The van der Waals surface area contributed by atoms with Crippen molar-refractivity contribution in [2.75, 3.05) is 26.4 Å². The zero-order valence-corrected chi connectivity index (χ0v) is 39.5. The molecule has 1 fully saturated rings. The van der Waals surface area contributed by atoms with Crippen molar-refractivity contribution < 1.29 is 56.2 Å². The van der Waals surface area contributed by atoms with Crippen LogP contribution in [0.3, 0.4) is 0 Å². The molecule has 1 saturated heterocycles. The first kappa shape index (κ1) is 58.1. The smallest absolute Gasteiger partial charge is 0.397 e. The van der Waals surface area contributed by atoms with Gasteiger partial charge in [-0.05, 0) is 77.0 Å². The van der Waals surface area contributed by atoms with E-state index in [-0.39, 0.29) is 19.6 Å². The zero-order valence-electron chi connectivity index (χ0n) is 38.7. The second-order valence-corrected chi connectivity index (χ2v) is 17.7. The molecule has 13 heteroatoms. The van der Waals surface area contributed by atoms with E-state index < -0.39 is 59.8 Å². The normalized spacial score (nSPS) is 20.4. The van der Waals surface area contributed by atoms with E-state index in [4.69, 9.17) is 18.9 Å². The molecule has 1 rings (SSSR count). The molecule has 4 N–H and O–H groups in total. The fourth-order valence-corrected chi connectivity index (χ4v) is 7.71. The van der Waals surface area contributed by atoms with E-state index in [0.717, 1.165) is 77.0 Å². The maximum Gasteiger partial charge on any atom is 0.397 e. The van der Waals surface area contributed by atoms with Gasteiger partial charge in [-0.15, -0.1) is 0 Å². The quantitative estimate of drug-likeness (QED) is 0.0198. The summed E-state index contributed by atoms with van der Waals surface area (Å²) >= 11 is 0. The summed E-state index contributed by atoms with van der Waals surface area (Å²) in [6, 6.07) is 0. The number of hydrogen-bond donors (Lipinski definition) is 4. The van der Waals surface area contributed by atoms with Gasteiger partial charge in [0.2, 0.25) is 0 Å². The second kappa shape index (κ2) is 40.6. The van der Waals surface area contributed by atoms with Crippen molar-refractivity contribution in [2.45, 2.75) is 230 Å². The van der Waals surface area contributed by atoms with Crippen molar-refractivity contribution >= 4 is 16.4 Å². The lowest BCUT2D eigenvalue weighted by Crippen LogP contribution is -2.60. The van der Waals surface area contributed by atoms with Gasteiger partial charge in [0, 0.05) is 13.0 Å². The minimum Gasteiger partial charge on any atom is -0.457 e. The van der Waals surface area contributed by atoms with Gasteiger partial charge in [-0.3, -0.25) is 9.35 Å². The molecule has 0 aromatic heterocycles. The molecule has 1 aliphatic rings. The van der Waals surface area contributed by atoms with E-state index in [0.29, 0.717) is 13.0 Å². The van der Waals surface area contributed by atoms with Crippen LogP contribution in [0.2, 0.25) is 0 Å². The Balaban J connectivity index is 2.41. The molecule has 0 radical (unpaired) electrons. The number of rotatable bonds is 42. The summed E-state index contributed by atoms with van der Waals surface area (Å²) in [4.78, 5) is 12.9. The number of aliphatic hydroxyl groups excluding tert-OH is 3. The van der Waals surface area contributed by atoms with Crippen LogP contribution in [0.1, 0.15) is 194 Å².